The summed E-state index contributed by atoms with van der Waals surface area (Å²) in [5.74, 6) is 2.29. The third-order valence-electron chi connectivity index (χ3n) is 4.69. The number of nitrogens with zero attached hydrogens (tertiary/aromatic N) is 1. The van der Waals surface area contributed by atoms with Gasteiger partial charge in [0.05, 0.1) is 25.3 Å². The number of hydrogen-bond donors (Lipinski definition) is 1. The molecule has 0 bridgehead atoms. The highest BCUT2D eigenvalue weighted by Crippen LogP contribution is 2.30. The van der Waals surface area contributed by atoms with E-state index in [-0.39, 0.29) is 5.91 Å². The lowest BCUT2D eigenvalue weighted by Gasteiger charge is -2.19. The fourth-order valence-corrected chi connectivity index (χ4v) is 3.93. The van der Waals surface area contributed by atoms with Crippen LogP contribution >= 0.6 is 11.8 Å². The van der Waals surface area contributed by atoms with Crippen molar-refractivity contribution in [2.45, 2.75) is 51.6 Å². The monoisotopic (exact) mass is 420 g/mol. The highest BCUT2D eigenvalue weighted by atomic mass is 32.2. The summed E-state index contributed by atoms with van der Waals surface area (Å²) in [5.41, 5.74) is -0.478. The average Bonchev–Trinajstić information content (AvgIpc) is 3.39. The molecule has 158 valence electrons. The van der Waals surface area contributed by atoms with Gasteiger partial charge in [0, 0.05) is 11.8 Å². The second-order valence-corrected chi connectivity index (χ2v) is 8.24. The Bertz CT molecular complexity index is 831. The Kier molecular flexibility index (Phi) is 7.41. The Morgan fingerprint density at radius 3 is 2.90 bits per heavy atom. The Morgan fingerprint density at radius 2 is 2.21 bits per heavy atom. The summed E-state index contributed by atoms with van der Waals surface area (Å²) >= 11 is 1.45. The topological polar surface area (TPSA) is 90.1 Å². The molecule has 1 amide bonds. The van der Waals surface area contributed by atoms with Crippen LogP contribution in [0.4, 0.5) is 0 Å². The fraction of sp³-hybridized carbons (Fsp3) is 0.571. The van der Waals surface area contributed by atoms with Crippen molar-refractivity contribution in [1.82, 2.24) is 5.32 Å². The van der Waals surface area contributed by atoms with Crippen LogP contribution in [-0.2, 0) is 9.53 Å². The highest BCUT2D eigenvalue weighted by molar-refractivity contribution is 8.14. The van der Waals surface area contributed by atoms with Crippen molar-refractivity contribution < 1.29 is 18.7 Å². The third kappa shape index (κ3) is 6.13. The van der Waals surface area contributed by atoms with E-state index >= 15 is 0 Å². The molecule has 1 saturated carbocycles. The van der Waals surface area contributed by atoms with Gasteiger partial charge in [0.1, 0.15) is 28.4 Å². The summed E-state index contributed by atoms with van der Waals surface area (Å²) in [6.07, 6.45) is 3.79. The molecule has 1 aliphatic carbocycles. The fourth-order valence-electron chi connectivity index (χ4n) is 2.97. The Morgan fingerprint density at radius 1 is 1.41 bits per heavy atom. The maximum Gasteiger partial charge on any atom is 0.339 e. The largest absolute Gasteiger partial charge is 0.493 e. The number of aliphatic imine (C=N–C) groups is 1. The van der Waals surface area contributed by atoms with Crippen molar-refractivity contribution in [3.05, 3.63) is 40.7 Å². The number of carbonyl (C=O) groups is 1. The molecule has 1 aromatic heterocycles. The van der Waals surface area contributed by atoms with E-state index in [1.54, 1.807) is 6.07 Å². The third-order valence-corrected chi connectivity index (χ3v) is 5.78. The van der Waals surface area contributed by atoms with Crippen molar-refractivity contribution in [3.63, 3.8) is 0 Å². The van der Waals surface area contributed by atoms with Crippen molar-refractivity contribution in [3.8, 4) is 5.75 Å². The summed E-state index contributed by atoms with van der Waals surface area (Å²) in [6.45, 7) is 8.84. The van der Waals surface area contributed by atoms with Crippen LogP contribution in [0, 0.1) is 5.92 Å². The lowest BCUT2D eigenvalue weighted by molar-refractivity contribution is -0.122. The first-order valence-electron chi connectivity index (χ1n) is 10.1. The zero-order valence-corrected chi connectivity index (χ0v) is 17.8. The summed E-state index contributed by atoms with van der Waals surface area (Å²) in [7, 11) is 0. The molecule has 1 aliphatic heterocycles. The van der Waals surface area contributed by atoms with E-state index in [0.29, 0.717) is 53.6 Å². The first kappa shape index (κ1) is 21.5. The summed E-state index contributed by atoms with van der Waals surface area (Å²) in [6, 6.07) is 2.12. The maximum absolute atomic E-state index is 12.8. The molecular formula is C21H28N2O5S. The predicted octanol–water partition coefficient (Wildman–Crippen LogP) is 3.45. The number of nitrogens with one attached hydrogen (secondary N) is 1. The average molecular weight is 421 g/mol. The van der Waals surface area contributed by atoms with Gasteiger partial charge in [-0.25, -0.2) is 4.79 Å². The molecule has 2 aliphatic rings. The second-order valence-electron chi connectivity index (χ2n) is 7.24. The molecule has 3 rings (SSSR count). The van der Waals surface area contributed by atoms with Crippen LogP contribution in [0.1, 0.15) is 51.3 Å². The molecule has 2 heterocycles. The minimum atomic E-state index is -0.521. The molecule has 1 N–H and O–H groups in total. The van der Waals surface area contributed by atoms with Gasteiger partial charge in [0.15, 0.2) is 0 Å². The number of thioether (sulfide) groups is 1. The van der Waals surface area contributed by atoms with E-state index in [9.17, 15) is 9.59 Å². The van der Waals surface area contributed by atoms with Crippen LogP contribution < -0.4 is 15.7 Å². The molecule has 1 fully saturated rings. The number of amides is 1. The zero-order valence-electron chi connectivity index (χ0n) is 16.9. The van der Waals surface area contributed by atoms with Crippen LogP contribution in [0.15, 0.2) is 38.7 Å². The Balaban J connectivity index is 1.68. The smallest absolute Gasteiger partial charge is 0.339 e. The van der Waals surface area contributed by atoms with E-state index in [4.69, 9.17) is 13.9 Å². The normalized spacial score (nSPS) is 19.4. The lowest BCUT2D eigenvalue weighted by Crippen LogP contribution is -2.37. The molecule has 1 aromatic rings. The molecule has 0 aromatic carbocycles. The van der Waals surface area contributed by atoms with E-state index in [0.717, 1.165) is 6.42 Å². The molecule has 0 radical (unpaired) electrons. The van der Waals surface area contributed by atoms with Gasteiger partial charge in [-0.2, -0.15) is 0 Å². The highest BCUT2D eigenvalue weighted by Gasteiger charge is 2.29. The number of ether oxygens (including phenoxy) is 2. The van der Waals surface area contributed by atoms with E-state index in [2.05, 4.69) is 16.9 Å². The first-order chi connectivity index (χ1) is 14.0. The van der Waals surface area contributed by atoms with Gasteiger partial charge in [-0.15, -0.1) is 11.8 Å². The molecule has 0 saturated heterocycles. The SMILES string of the molecule is C=C(OCC)C1=NC(C(=O)N[C@H](CCC)c2cc(OCC3CC3)cc(=O)o2)CS1. The minimum absolute atomic E-state index is 0.206. The van der Waals surface area contributed by atoms with Gasteiger partial charge in [-0.05, 0) is 32.1 Å². The quantitative estimate of drug-likeness (QED) is 0.552. The molecule has 7 nitrogen and oxygen atoms in total. The predicted molar refractivity (Wildman–Crippen MR) is 113 cm³/mol. The van der Waals surface area contributed by atoms with Gasteiger partial charge in [-0.1, -0.05) is 19.9 Å². The van der Waals surface area contributed by atoms with Crippen molar-refractivity contribution >= 4 is 22.7 Å². The van der Waals surface area contributed by atoms with Crippen LogP contribution in [0.25, 0.3) is 0 Å². The molecular weight excluding hydrogens is 392 g/mol. The van der Waals surface area contributed by atoms with E-state index in [1.807, 2.05) is 13.8 Å². The van der Waals surface area contributed by atoms with Crippen molar-refractivity contribution in [1.29, 1.82) is 0 Å². The van der Waals surface area contributed by atoms with Gasteiger partial charge < -0.3 is 19.2 Å². The number of hydrogen-bond acceptors (Lipinski definition) is 7. The summed E-state index contributed by atoms with van der Waals surface area (Å²) < 4.78 is 16.5. The van der Waals surface area contributed by atoms with Crippen LogP contribution in [0.2, 0.25) is 0 Å². The first-order valence-corrected chi connectivity index (χ1v) is 11.1. The van der Waals surface area contributed by atoms with E-state index in [1.165, 1.54) is 30.7 Å². The van der Waals surface area contributed by atoms with Crippen LogP contribution in [-0.4, -0.2) is 36.0 Å². The lowest BCUT2D eigenvalue weighted by atomic mass is 10.1. The van der Waals surface area contributed by atoms with Crippen molar-refractivity contribution in [2.75, 3.05) is 19.0 Å². The zero-order chi connectivity index (χ0) is 20.8. The van der Waals surface area contributed by atoms with Crippen LogP contribution in [0.3, 0.4) is 0 Å². The standard InChI is InChI=1S/C21H28N2O5S/c1-4-6-16(18-9-15(10-19(24)28-18)27-11-14-7-8-14)22-20(25)17-12-29-21(23-17)13(3)26-5-2/h9-10,14,16-17H,3-8,11-12H2,1-2H3,(H,22,25)/t16-,17?/m1/s1. The van der Waals surface area contributed by atoms with Gasteiger partial charge in [0.25, 0.3) is 0 Å². The molecule has 29 heavy (non-hydrogen) atoms. The molecule has 0 spiro atoms. The number of carbonyl (C=O) groups excluding carboxylic acids is 1. The van der Waals surface area contributed by atoms with Crippen LogP contribution in [0.5, 0.6) is 5.75 Å². The van der Waals surface area contributed by atoms with Crippen molar-refractivity contribution in [2.24, 2.45) is 10.9 Å². The Labute approximate surface area is 174 Å². The number of rotatable bonds is 11. The van der Waals surface area contributed by atoms with Gasteiger partial charge in [-0.3, -0.25) is 9.79 Å². The second kappa shape index (κ2) is 10.0. The molecule has 1 unspecified atom stereocenters. The van der Waals surface area contributed by atoms with E-state index < -0.39 is 17.7 Å². The summed E-state index contributed by atoms with van der Waals surface area (Å²) in [4.78, 5) is 29.2. The van der Waals surface area contributed by atoms with Gasteiger partial charge >= 0.3 is 5.63 Å². The minimum Gasteiger partial charge on any atom is -0.493 e. The Hall–Kier alpha value is -2.22. The van der Waals surface area contributed by atoms with Gasteiger partial charge in [0.2, 0.25) is 5.91 Å². The molecule has 2 atom stereocenters. The molecule has 8 heteroatoms. The summed E-state index contributed by atoms with van der Waals surface area (Å²) in [5, 5.41) is 3.64. The maximum atomic E-state index is 12.8.